The van der Waals surface area contributed by atoms with E-state index in [1.54, 1.807) is 38.1 Å². The summed E-state index contributed by atoms with van der Waals surface area (Å²) in [4.78, 5) is 31.3. The molecule has 1 amide bonds. The van der Waals surface area contributed by atoms with Crippen LogP contribution in [0, 0.1) is 21.8 Å². The van der Waals surface area contributed by atoms with Gasteiger partial charge in [-0.05, 0) is 48.9 Å². The van der Waals surface area contributed by atoms with Crippen molar-refractivity contribution in [3.05, 3.63) is 98.9 Å². The van der Waals surface area contributed by atoms with Crippen LogP contribution in [0.5, 0.6) is 0 Å². The largest absolute Gasteiger partial charge is 4.00 e. The first-order valence-corrected chi connectivity index (χ1v) is 12.8. The van der Waals surface area contributed by atoms with E-state index in [0.29, 0.717) is 35.9 Å². The number of amides is 1. The molecule has 0 bridgehead atoms. The smallest absolute Gasteiger partial charge is 1.00 e. The van der Waals surface area contributed by atoms with Gasteiger partial charge < -0.3 is 41.3 Å². The van der Waals surface area contributed by atoms with Crippen molar-refractivity contribution < 1.29 is 57.1 Å². The summed E-state index contributed by atoms with van der Waals surface area (Å²) in [5, 5.41) is 2.55. The minimum absolute atomic E-state index is 0. The second-order valence-corrected chi connectivity index (χ2v) is 10.8. The zero-order valence-electron chi connectivity index (χ0n) is 26.5. The number of carbonyl (C=O) groups excluding carboxylic acids is 2. The van der Waals surface area contributed by atoms with Crippen LogP contribution in [0.2, 0.25) is 0 Å². The minimum Gasteiger partial charge on any atom is -1.00 e. The van der Waals surface area contributed by atoms with E-state index in [4.69, 9.17) is 9.47 Å². The zero-order chi connectivity index (χ0) is 28.5. The average Bonchev–Trinajstić information content (AvgIpc) is 2.84. The number of carbonyl (C=O) groups is 2. The summed E-state index contributed by atoms with van der Waals surface area (Å²) in [6.07, 6.45) is 2.42. The molecule has 1 aromatic carbocycles. The van der Waals surface area contributed by atoms with Gasteiger partial charge in [0.15, 0.2) is 0 Å². The van der Waals surface area contributed by atoms with Crippen LogP contribution in [0.3, 0.4) is 0 Å². The fourth-order valence-electron chi connectivity index (χ4n) is 3.34. The summed E-state index contributed by atoms with van der Waals surface area (Å²) in [7, 11) is 0. The molecule has 42 heavy (non-hydrogen) atoms. The van der Waals surface area contributed by atoms with Crippen molar-refractivity contribution in [3.8, 4) is 11.4 Å². The predicted molar refractivity (Wildman–Crippen MR) is 165 cm³/mol. The minimum atomic E-state index is -0.529. The van der Waals surface area contributed by atoms with Gasteiger partial charge in [0.05, 0.1) is 42.0 Å². The molecule has 9 heteroatoms. The van der Waals surface area contributed by atoms with Gasteiger partial charge in [-0.2, -0.15) is 24.6 Å². The van der Waals surface area contributed by atoms with E-state index in [2.05, 4.69) is 82.0 Å². The number of benzene rings is 1. The Morgan fingerprint density at radius 1 is 0.786 bits per heavy atom. The van der Waals surface area contributed by atoms with Crippen molar-refractivity contribution >= 4 is 17.7 Å². The SMILES string of the molecule is CCOC(=O)Nc1ccc(-c2ccc(C(=O)OCC)cn2)nc1.[Br-].[CH2-]c1cc(C(C)(C)C)cc(C(C)(C)C)c1.[CH3-].[CH3-].[Pt+4]. The zero-order valence-corrected chi connectivity index (χ0v) is 30.4. The van der Waals surface area contributed by atoms with Gasteiger partial charge in [0.25, 0.3) is 0 Å². The van der Waals surface area contributed by atoms with Crippen LogP contribution in [0.15, 0.2) is 54.9 Å². The Morgan fingerprint density at radius 2 is 1.26 bits per heavy atom. The van der Waals surface area contributed by atoms with Crippen molar-refractivity contribution in [1.29, 1.82) is 0 Å². The number of anilines is 1. The van der Waals surface area contributed by atoms with Crippen molar-refractivity contribution in [1.82, 2.24) is 9.97 Å². The summed E-state index contributed by atoms with van der Waals surface area (Å²) >= 11 is 0. The maximum absolute atomic E-state index is 11.6. The Balaban J connectivity index is -0.000000709. The van der Waals surface area contributed by atoms with Crippen molar-refractivity contribution in [2.24, 2.45) is 0 Å². The van der Waals surface area contributed by atoms with Crippen LogP contribution in [0.1, 0.15) is 82.4 Å². The van der Waals surface area contributed by atoms with E-state index in [1.807, 2.05) is 0 Å². The number of pyridine rings is 2. The van der Waals surface area contributed by atoms with Gasteiger partial charge in [0.2, 0.25) is 0 Å². The van der Waals surface area contributed by atoms with Gasteiger partial charge in [0, 0.05) is 6.20 Å². The molecule has 0 aliphatic carbocycles. The molecule has 7 nitrogen and oxygen atoms in total. The first-order chi connectivity index (χ1) is 17.7. The van der Waals surface area contributed by atoms with E-state index in [-0.39, 0.29) is 63.7 Å². The number of nitrogens with one attached hydrogen (secondary N) is 1. The average molecular weight is 824 g/mol. The van der Waals surface area contributed by atoms with E-state index in [1.165, 1.54) is 23.5 Å². The second-order valence-electron chi connectivity index (χ2n) is 10.8. The molecule has 0 spiro atoms. The molecule has 0 saturated carbocycles. The predicted octanol–water partition coefficient (Wildman–Crippen LogP) is 5.25. The van der Waals surface area contributed by atoms with Crippen LogP contribution in [-0.4, -0.2) is 35.2 Å². The maximum atomic E-state index is 11.6. The van der Waals surface area contributed by atoms with Crippen LogP contribution in [0.25, 0.3) is 11.4 Å². The summed E-state index contributed by atoms with van der Waals surface area (Å²) in [6.45, 7) is 21.6. The van der Waals surface area contributed by atoms with E-state index < -0.39 is 12.1 Å². The van der Waals surface area contributed by atoms with Crippen LogP contribution >= 0.6 is 0 Å². The summed E-state index contributed by atoms with van der Waals surface area (Å²) in [6, 6.07) is 13.4. The van der Waals surface area contributed by atoms with Crippen LogP contribution in [-0.2, 0) is 41.4 Å². The molecule has 0 saturated heterocycles. The first kappa shape index (κ1) is 43.7. The Bertz CT molecular complexity index is 1190. The number of esters is 1. The molecule has 0 aliphatic rings. The van der Waals surface area contributed by atoms with Gasteiger partial charge in [-0.3, -0.25) is 15.3 Å². The number of aromatic nitrogens is 2. The molecule has 0 fully saturated rings. The molecule has 1 N–H and O–H groups in total. The molecule has 3 aromatic rings. The molecule has 0 aliphatic heterocycles. The first-order valence-electron chi connectivity index (χ1n) is 12.8. The molecular weight excluding hydrogens is 777 g/mol. The van der Waals surface area contributed by atoms with E-state index >= 15 is 0 Å². The maximum Gasteiger partial charge on any atom is 4.00 e. The number of rotatable bonds is 5. The summed E-state index contributed by atoms with van der Waals surface area (Å²) in [5.41, 5.74) is 6.41. The normalized spacial score (nSPS) is 10.1. The van der Waals surface area contributed by atoms with Crippen molar-refractivity contribution in [2.75, 3.05) is 18.5 Å². The van der Waals surface area contributed by atoms with Crippen molar-refractivity contribution in [3.63, 3.8) is 0 Å². The summed E-state index contributed by atoms with van der Waals surface area (Å²) < 4.78 is 9.68. The van der Waals surface area contributed by atoms with Gasteiger partial charge in [-0.1, -0.05) is 58.7 Å². The van der Waals surface area contributed by atoms with Crippen molar-refractivity contribution in [2.45, 2.75) is 66.2 Å². The third-order valence-corrected chi connectivity index (χ3v) is 5.55. The molecule has 3 rings (SSSR count). The summed E-state index contributed by atoms with van der Waals surface area (Å²) in [5.74, 6) is -0.409. The molecule has 0 atom stereocenters. The number of nitrogens with zero attached hydrogens (tertiary/aromatic N) is 2. The molecule has 234 valence electrons. The van der Waals surface area contributed by atoms with Gasteiger partial charge in [0.1, 0.15) is 0 Å². The third-order valence-electron chi connectivity index (χ3n) is 5.55. The Hall–Kier alpha value is -2.70. The fraction of sp³-hybridized carbons (Fsp3) is 0.364. The van der Waals surface area contributed by atoms with E-state index in [9.17, 15) is 9.59 Å². The topological polar surface area (TPSA) is 90.4 Å². The van der Waals surface area contributed by atoms with Gasteiger partial charge in [-0.25, -0.2) is 9.59 Å². The Kier molecular flexibility index (Phi) is 20.3. The quantitative estimate of drug-likeness (QED) is 0.280. The Morgan fingerprint density at radius 3 is 1.64 bits per heavy atom. The number of ether oxygens (including phenoxy) is 2. The Labute approximate surface area is 278 Å². The monoisotopic (exact) mass is 822 g/mol. The van der Waals surface area contributed by atoms with Gasteiger partial charge in [-0.15, -0.1) is 0 Å². The molecule has 2 heterocycles. The number of hydrogen-bond acceptors (Lipinski definition) is 6. The molecule has 2 aromatic heterocycles. The molecular formula is C33H46BrN3O4Pt. The van der Waals surface area contributed by atoms with Crippen LogP contribution in [0.4, 0.5) is 10.5 Å². The second kappa shape index (κ2) is 19.5. The molecule has 0 unspecified atom stereocenters. The third kappa shape index (κ3) is 14.0. The standard InChI is InChI=1S/C16H17N3O4.C15H23.2CH3.BrH.Pt/c1-3-22-15(20)11-5-7-13(17-9-11)14-8-6-12(10-18-14)19-16(21)23-4-2;1-11-8-12(14(2,3)4)10-13(9-11)15(5,6)7;;;;/h5-10H,3-4H2,1-2H3,(H,19,21);8-10H,1H2,2-7H3;2*1H3;1H;/q;3*-1;;+4/p-1. The number of hydrogen-bond donors (Lipinski definition) is 1. The van der Waals surface area contributed by atoms with E-state index in [0.717, 1.165) is 5.56 Å². The van der Waals surface area contributed by atoms with Gasteiger partial charge >= 0.3 is 33.1 Å². The van der Waals surface area contributed by atoms with Crippen LogP contribution < -0.4 is 22.3 Å². The molecule has 0 radical (unpaired) electrons. The fourth-order valence-corrected chi connectivity index (χ4v) is 3.34. The number of halogens is 1.